The number of rotatable bonds is 6. The van der Waals surface area contributed by atoms with Crippen molar-refractivity contribution in [3.05, 3.63) is 70.0 Å². The molecule has 2 rings (SSSR count). The van der Waals surface area contributed by atoms with E-state index in [0.29, 0.717) is 0 Å². The van der Waals surface area contributed by atoms with E-state index < -0.39 is 16.7 Å². The van der Waals surface area contributed by atoms with E-state index in [9.17, 15) is 24.1 Å². The second-order valence-electron chi connectivity index (χ2n) is 6.00. The van der Waals surface area contributed by atoms with Crippen LogP contribution >= 0.6 is 0 Å². The van der Waals surface area contributed by atoms with E-state index in [1.165, 1.54) is 36.4 Å². The predicted molar refractivity (Wildman–Crippen MR) is 97.6 cm³/mol. The maximum atomic E-state index is 13.1. The predicted octanol–water partition coefficient (Wildman–Crippen LogP) is 2.09. The Morgan fingerprint density at radius 1 is 1.07 bits per heavy atom. The average molecular weight is 374 g/mol. The number of anilines is 1. The minimum atomic E-state index is -0.888. The summed E-state index contributed by atoms with van der Waals surface area (Å²) in [7, 11) is 3.61. The van der Waals surface area contributed by atoms with Crippen molar-refractivity contribution in [1.29, 1.82) is 0 Å². The van der Waals surface area contributed by atoms with Crippen molar-refractivity contribution < 1.29 is 18.9 Å². The van der Waals surface area contributed by atoms with Gasteiger partial charge in [-0.25, -0.2) is 4.39 Å². The van der Waals surface area contributed by atoms with Gasteiger partial charge in [-0.1, -0.05) is 12.1 Å². The van der Waals surface area contributed by atoms with Crippen LogP contribution in [0.5, 0.6) is 0 Å². The van der Waals surface area contributed by atoms with Gasteiger partial charge in [-0.3, -0.25) is 19.7 Å². The molecule has 27 heavy (non-hydrogen) atoms. The second kappa shape index (κ2) is 8.86. The molecule has 1 unspecified atom stereocenters. The quantitative estimate of drug-likeness (QED) is 0.458. The first-order valence-electron chi connectivity index (χ1n) is 8.03. The number of non-ortho nitro benzene ring substituents is 1. The standard InChI is InChI=1S/C18H19FN4O4/c1-22(2)16(12-3-5-13(19)6-4-12)11-20-17(24)18(25)21-14-7-9-15(10-8-14)23(26)27/h3-10,16H,11H2,1-2H3,(H,20,24)(H,21,25). The number of carbonyl (C=O) groups excluding carboxylic acids is 2. The summed E-state index contributed by atoms with van der Waals surface area (Å²) in [5.74, 6) is -2.09. The van der Waals surface area contributed by atoms with Gasteiger partial charge in [0.25, 0.3) is 5.69 Å². The van der Waals surface area contributed by atoms with Crippen LogP contribution in [0.25, 0.3) is 0 Å². The van der Waals surface area contributed by atoms with Crippen molar-refractivity contribution in [2.24, 2.45) is 0 Å². The van der Waals surface area contributed by atoms with Gasteiger partial charge < -0.3 is 15.5 Å². The molecule has 0 aliphatic carbocycles. The summed E-state index contributed by atoms with van der Waals surface area (Å²) in [5.41, 5.74) is 0.937. The Balaban J connectivity index is 1.95. The number of hydrogen-bond acceptors (Lipinski definition) is 5. The van der Waals surface area contributed by atoms with Crippen molar-refractivity contribution in [3.63, 3.8) is 0 Å². The number of hydrogen-bond donors (Lipinski definition) is 2. The molecule has 142 valence electrons. The van der Waals surface area contributed by atoms with Crippen LogP contribution in [0.1, 0.15) is 11.6 Å². The maximum absolute atomic E-state index is 13.1. The zero-order valence-electron chi connectivity index (χ0n) is 14.8. The maximum Gasteiger partial charge on any atom is 0.313 e. The molecule has 2 N–H and O–H groups in total. The Labute approximate surface area is 155 Å². The third-order valence-electron chi connectivity index (χ3n) is 3.88. The highest BCUT2D eigenvalue weighted by molar-refractivity contribution is 6.39. The molecule has 0 radical (unpaired) electrons. The van der Waals surface area contributed by atoms with E-state index in [-0.39, 0.29) is 29.8 Å². The molecular weight excluding hydrogens is 355 g/mol. The zero-order valence-corrected chi connectivity index (χ0v) is 14.8. The third-order valence-corrected chi connectivity index (χ3v) is 3.88. The summed E-state index contributed by atoms with van der Waals surface area (Å²) in [5, 5.41) is 15.5. The Bertz CT molecular complexity index is 822. The summed E-state index contributed by atoms with van der Waals surface area (Å²) in [6.45, 7) is 0.144. The fourth-order valence-corrected chi connectivity index (χ4v) is 2.41. The zero-order chi connectivity index (χ0) is 20.0. The monoisotopic (exact) mass is 374 g/mol. The summed E-state index contributed by atoms with van der Waals surface area (Å²) in [4.78, 5) is 35.9. The molecule has 0 heterocycles. The number of nitrogens with zero attached hydrogens (tertiary/aromatic N) is 2. The topological polar surface area (TPSA) is 105 Å². The molecule has 1 atom stereocenters. The lowest BCUT2D eigenvalue weighted by Crippen LogP contribution is -2.40. The van der Waals surface area contributed by atoms with Crippen LogP contribution < -0.4 is 10.6 Å². The lowest BCUT2D eigenvalue weighted by Gasteiger charge is -2.25. The summed E-state index contributed by atoms with van der Waals surface area (Å²) in [6, 6.07) is 10.8. The molecule has 0 fully saturated rings. The fourth-order valence-electron chi connectivity index (χ4n) is 2.41. The summed E-state index contributed by atoms with van der Waals surface area (Å²) >= 11 is 0. The summed E-state index contributed by atoms with van der Waals surface area (Å²) in [6.07, 6.45) is 0. The molecule has 0 saturated carbocycles. The van der Waals surface area contributed by atoms with Gasteiger partial charge in [0.15, 0.2) is 0 Å². The highest BCUT2D eigenvalue weighted by Crippen LogP contribution is 2.18. The van der Waals surface area contributed by atoms with Gasteiger partial charge in [0.1, 0.15) is 5.82 Å². The van der Waals surface area contributed by atoms with E-state index in [0.717, 1.165) is 5.56 Å². The largest absolute Gasteiger partial charge is 0.346 e. The first-order chi connectivity index (χ1) is 12.8. The number of carbonyl (C=O) groups is 2. The molecular formula is C18H19FN4O4. The molecule has 0 bridgehead atoms. The van der Waals surface area contributed by atoms with Crippen molar-refractivity contribution in [1.82, 2.24) is 10.2 Å². The van der Waals surface area contributed by atoms with Crippen molar-refractivity contribution in [3.8, 4) is 0 Å². The molecule has 0 spiro atoms. The second-order valence-corrected chi connectivity index (χ2v) is 6.00. The molecule has 0 aliphatic heterocycles. The van der Waals surface area contributed by atoms with Gasteiger partial charge >= 0.3 is 11.8 Å². The van der Waals surface area contributed by atoms with Crippen LogP contribution in [0, 0.1) is 15.9 Å². The Hall–Kier alpha value is -3.33. The highest BCUT2D eigenvalue weighted by atomic mass is 19.1. The van der Waals surface area contributed by atoms with Gasteiger partial charge in [-0.15, -0.1) is 0 Å². The molecule has 2 aromatic rings. The number of amides is 2. The van der Waals surface area contributed by atoms with Crippen molar-refractivity contribution >= 4 is 23.2 Å². The van der Waals surface area contributed by atoms with Crippen LogP contribution in [0.3, 0.4) is 0 Å². The number of benzene rings is 2. The first-order valence-corrected chi connectivity index (χ1v) is 8.03. The lowest BCUT2D eigenvalue weighted by molar-refractivity contribution is -0.384. The van der Waals surface area contributed by atoms with Crippen molar-refractivity contribution in [2.75, 3.05) is 26.0 Å². The van der Waals surface area contributed by atoms with E-state index >= 15 is 0 Å². The van der Waals surface area contributed by atoms with Crippen LogP contribution in [0.4, 0.5) is 15.8 Å². The minimum Gasteiger partial charge on any atom is -0.346 e. The molecule has 0 aliphatic rings. The van der Waals surface area contributed by atoms with Gasteiger partial charge in [-0.2, -0.15) is 0 Å². The molecule has 0 saturated heterocycles. The first kappa shape index (κ1) is 20.0. The fraction of sp³-hybridized carbons (Fsp3) is 0.222. The van der Waals surface area contributed by atoms with Crippen LogP contribution in [0.15, 0.2) is 48.5 Å². The van der Waals surface area contributed by atoms with Crippen LogP contribution in [-0.2, 0) is 9.59 Å². The van der Waals surface area contributed by atoms with Crippen LogP contribution in [-0.4, -0.2) is 42.3 Å². The number of nitro groups is 1. The third kappa shape index (κ3) is 5.58. The number of likely N-dealkylation sites (N-methyl/N-ethyl adjacent to an activating group) is 1. The normalized spacial score (nSPS) is 11.7. The van der Waals surface area contributed by atoms with E-state index in [1.54, 1.807) is 26.2 Å². The lowest BCUT2D eigenvalue weighted by atomic mass is 10.1. The Kier molecular flexibility index (Phi) is 6.56. The molecule has 9 heteroatoms. The number of halogens is 1. The molecule has 2 aromatic carbocycles. The number of nitro benzene ring substituents is 1. The highest BCUT2D eigenvalue weighted by Gasteiger charge is 2.19. The van der Waals surface area contributed by atoms with E-state index in [1.807, 2.05) is 4.90 Å². The average Bonchev–Trinajstić information content (AvgIpc) is 2.63. The van der Waals surface area contributed by atoms with Gasteiger partial charge in [-0.05, 0) is 43.9 Å². The van der Waals surface area contributed by atoms with E-state index in [4.69, 9.17) is 0 Å². The van der Waals surface area contributed by atoms with E-state index in [2.05, 4.69) is 10.6 Å². The molecule has 0 aromatic heterocycles. The minimum absolute atomic E-state index is 0.120. The molecule has 8 nitrogen and oxygen atoms in total. The summed E-state index contributed by atoms with van der Waals surface area (Å²) < 4.78 is 13.1. The van der Waals surface area contributed by atoms with Crippen molar-refractivity contribution in [2.45, 2.75) is 6.04 Å². The Morgan fingerprint density at radius 2 is 1.67 bits per heavy atom. The van der Waals surface area contributed by atoms with Gasteiger partial charge in [0, 0.05) is 24.4 Å². The Morgan fingerprint density at radius 3 is 2.19 bits per heavy atom. The number of nitrogens with one attached hydrogen (secondary N) is 2. The molecule has 2 amide bonds. The smallest absolute Gasteiger partial charge is 0.313 e. The SMILES string of the molecule is CN(C)C(CNC(=O)C(=O)Nc1ccc([N+](=O)[O-])cc1)c1ccc(F)cc1. The van der Waals surface area contributed by atoms with Gasteiger partial charge in [0.05, 0.1) is 11.0 Å². The van der Waals surface area contributed by atoms with Gasteiger partial charge in [0.2, 0.25) is 0 Å². The van der Waals surface area contributed by atoms with Crippen LogP contribution in [0.2, 0.25) is 0 Å².